The van der Waals surface area contributed by atoms with Crippen LogP contribution in [0.2, 0.25) is 0 Å². The number of nitrogens with zero attached hydrogens (tertiary/aromatic N) is 9. The van der Waals surface area contributed by atoms with Gasteiger partial charge >= 0.3 is 37.1 Å². The van der Waals surface area contributed by atoms with Gasteiger partial charge in [0.05, 0.1) is 45.0 Å². The quantitative estimate of drug-likeness (QED) is 0.265. The molecule has 54 heavy (non-hydrogen) atoms. The van der Waals surface area contributed by atoms with E-state index < -0.39 is 121 Å². The zero-order valence-electron chi connectivity index (χ0n) is 24.4. The van der Waals surface area contributed by atoms with Gasteiger partial charge in [0.15, 0.2) is 22.8 Å². The second kappa shape index (κ2) is 13.4. The van der Waals surface area contributed by atoms with Crippen molar-refractivity contribution in [1.82, 2.24) is 19.9 Å². The summed E-state index contributed by atoms with van der Waals surface area (Å²) >= 11 is 0. The third-order valence-electron chi connectivity index (χ3n) is 6.31. The topological polar surface area (TPSA) is 171 Å². The molecule has 0 spiro atoms. The van der Waals surface area contributed by atoms with Gasteiger partial charge in [-0.15, -0.1) is 0 Å². The van der Waals surface area contributed by atoms with E-state index in [-0.39, 0.29) is 6.07 Å². The molecular weight excluding hydrogens is 792 g/mol. The third-order valence-corrected chi connectivity index (χ3v) is 6.31. The average Bonchev–Trinajstić information content (AvgIpc) is 3.02. The molecule has 0 atom stereocenters. The van der Waals surface area contributed by atoms with Crippen molar-refractivity contribution in [3.63, 3.8) is 0 Å². The summed E-state index contributed by atoms with van der Waals surface area (Å²) in [5, 5.41) is 45.3. The summed E-state index contributed by atoms with van der Waals surface area (Å²) in [6.07, 6.45) is -37.8. The summed E-state index contributed by atoms with van der Waals surface area (Å²) in [4.78, 5) is 8.04. The van der Waals surface area contributed by atoms with Crippen LogP contribution in [-0.4, -0.2) is 19.9 Å². The van der Waals surface area contributed by atoms with Gasteiger partial charge in [0, 0.05) is 10.4 Å². The maximum atomic E-state index is 14.0. The van der Waals surface area contributed by atoms with Crippen molar-refractivity contribution in [1.29, 1.82) is 26.3 Å². The number of halogens is 18. The number of hydrogen-bond acceptors (Lipinski definition) is 9. The largest absolute Gasteiger partial charge is 0.451 e. The van der Waals surface area contributed by atoms with Gasteiger partial charge in [-0.25, -0.2) is 19.9 Å². The Morgan fingerprint density at radius 1 is 0.426 bits per heavy atom. The van der Waals surface area contributed by atoms with Gasteiger partial charge in [-0.1, -0.05) is 0 Å². The van der Waals surface area contributed by atoms with Gasteiger partial charge in [-0.05, 0) is 6.07 Å². The molecule has 280 valence electrons. The van der Waals surface area contributed by atoms with Gasteiger partial charge in [0.1, 0.15) is 24.3 Å². The fourth-order valence-corrected chi connectivity index (χ4v) is 4.41. The number of benzene rings is 1. The smallest absolute Gasteiger partial charge is 0.219 e. The molecule has 0 aliphatic carbocycles. The van der Waals surface area contributed by atoms with E-state index in [2.05, 4.69) is 0 Å². The summed E-state index contributed by atoms with van der Waals surface area (Å²) in [7, 11) is 0. The van der Waals surface area contributed by atoms with E-state index in [0.29, 0.717) is 12.1 Å². The first-order valence-electron chi connectivity index (χ1n) is 12.6. The number of nitriles is 5. The Kier molecular flexibility index (Phi) is 10.3. The molecule has 0 unspecified atom stereocenters. The van der Waals surface area contributed by atoms with E-state index in [9.17, 15) is 105 Å². The van der Waals surface area contributed by atoms with Crippen molar-refractivity contribution < 1.29 is 79.0 Å². The molecule has 1 aromatic carbocycles. The monoisotopic (exact) mass is 793 g/mol. The zero-order valence-corrected chi connectivity index (χ0v) is 24.4. The maximum Gasteiger partial charge on any atom is 0.451 e. The van der Waals surface area contributed by atoms with Gasteiger partial charge < -0.3 is 0 Å². The van der Waals surface area contributed by atoms with Crippen molar-refractivity contribution in [3.8, 4) is 30.3 Å². The fourth-order valence-electron chi connectivity index (χ4n) is 4.41. The molecule has 9 nitrogen and oxygen atoms in total. The van der Waals surface area contributed by atoms with Crippen molar-refractivity contribution in [3.05, 3.63) is 78.7 Å². The Morgan fingerprint density at radius 2 is 0.741 bits per heavy atom. The highest BCUT2D eigenvalue weighted by atomic mass is 19.4. The second-order valence-corrected chi connectivity index (χ2v) is 9.63. The Hall–Kier alpha value is -6.69. The van der Waals surface area contributed by atoms with E-state index in [4.69, 9.17) is 0 Å². The van der Waals surface area contributed by atoms with Crippen LogP contribution in [0.5, 0.6) is 0 Å². The number of rotatable bonds is 2. The van der Waals surface area contributed by atoms with Gasteiger partial charge in [0.2, 0.25) is 11.6 Å². The highest BCUT2D eigenvalue weighted by Crippen LogP contribution is 2.44. The third kappa shape index (κ3) is 7.73. The van der Waals surface area contributed by atoms with Crippen molar-refractivity contribution in [2.75, 3.05) is 0 Å². The molecule has 0 amide bonds. The predicted molar refractivity (Wildman–Crippen MR) is 130 cm³/mol. The van der Waals surface area contributed by atoms with E-state index in [1.807, 2.05) is 19.9 Å². The number of hydrogen-bond donors (Lipinski definition) is 0. The first-order valence-corrected chi connectivity index (χ1v) is 12.6. The molecule has 0 radical (unpaired) electrons. The molecule has 0 saturated heterocycles. The molecular formula is C27HF18N9. The second-order valence-electron chi connectivity index (χ2n) is 9.63. The molecule has 0 bridgehead atoms. The molecule has 0 aliphatic rings. The molecule has 27 heteroatoms. The fraction of sp³-hybridized carbons (Fsp3) is 0.222. The Morgan fingerprint density at radius 3 is 0.981 bits per heavy atom. The van der Waals surface area contributed by atoms with Gasteiger partial charge in [-0.2, -0.15) is 105 Å². The lowest BCUT2D eigenvalue weighted by molar-refractivity contribution is -0.162. The first-order chi connectivity index (χ1) is 24.4. The van der Waals surface area contributed by atoms with Crippen LogP contribution in [0.3, 0.4) is 0 Å². The summed E-state index contributed by atoms with van der Waals surface area (Å²) in [6, 6.07) is 3.64. The van der Waals surface area contributed by atoms with Crippen LogP contribution in [0.1, 0.15) is 62.2 Å². The van der Waals surface area contributed by atoms with Gasteiger partial charge in [-0.3, -0.25) is 0 Å². The predicted octanol–water partition coefficient (Wildman–Crippen LogP) is 6.44. The van der Waals surface area contributed by atoms with Crippen molar-refractivity contribution >= 4 is 11.1 Å². The molecule has 2 aromatic heterocycles. The number of aromatic nitrogens is 4. The minimum Gasteiger partial charge on any atom is -0.219 e. The highest BCUT2D eigenvalue weighted by molar-refractivity contribution is 5.85. The van der Waals surface area contributed by atoms with Crippen molar-refractivity contribution in [2.45, 2.75) is 37.1 Å². The summed E-state index contributed by atoms with van der Waals surface area (Å²) < 4.78 is 248. The molecule has 2 heterocycles. The van der Waals surface area contributed by atoms with Crippen molar-refractivity contribution in [2.24, 2.45) is 0 Å². The highest BCUT2D eigenvalue weighted by Gasteiger charge is 2.50. The molecule has 3 rings (SSSR count). The van der Waals surface area contributed by atoms with Crippen LogP contribution in [0.25, 0.3) is 11.1 Å². The van der Waals surface area contributed by atoms with Crippen LogP contribution < -0.4 is 10.4 Å². The van der Waals surface area contributed by atoms with Crippen LogP contribution in [0.15, 0.2) is 6.07 Å². The van der Waals surface area contributed by atoms with Gasteiger partial charge in [0.25, 0.3) is 0 Å². The summed E-state index contributed by atoms with van der Waals surface area (Å²) in [5.74, 6) is -6.17. The SMILES string of the molecule is N#C/C(c1c(C(F)(F)F)nc(C(F)(F)F)nc1C(F)(F)F)=c1/c(C#N)c/c(=C(\C#N)c2c(C(F)(F)F)nc(C(F)(F)F)nc2C(F)(F)F)c(C#N)c1C#N. The lowest BCUT2D eigenvalue weighted by Crippen LogP contribution is -2.31. The number of alkyl halides is 18. The summed E-state index contributed by atoms with van der Waals surface area (Å²) in [5.41, 5.74) is -28.1. The minimum absolute atomic E-state index is 0.242. The molecule has 3 aromatic rings. The molecule has 0 fully saturated rings. The van der Waals surface area contributed by atoms with Crippen LogP contribution >= 0.6 is 0 Å². The summed E-state index contributed by atoms with van der Waals surface area (Å²) in [6.45, 7) is 0. The molecule has 0 saturated carbocycles. The Bertz CT molecular complexity index is 2340. The van der Waals surface area contributed by atoms with Crippen LogP contribution in [0, 0.1) is 56.7 Å². The Labute approximate surface area is 283 Å². The maximum absolute atomic E-state index is 14.0. The Balaban J connectivity index is 2.94. The lowest BCUT2D eigenvalue weighted by atomic mass is 9.89. The average molecular weight is 793 g/mol. The van der Waals surface area contributed by atoms with E-state index >= 15 is 0 Å². The van der Waals surface area contributed by atoms with E-state index in [1.54, 1.807) is 0 Å². The minimum atomic E-state index is -6.38. The normalized spacial score (nSPS) is 13.9. The van der Waals surface area contributed by atoms with Crippen LogP contribution in [-0.2, 0) is 37.1 Å². The first kappa shape index (κ1) is 41.7. The molecule has 0 N–H and O–H groups in total. The van der Waals surface area contributed by atoms with E-state index in [1.165, 1.54) is 0 Å². The zero-order chi connectivity index (χ0) is 41.7. The van der Waals surface area contributed by atoms with Crippen LogP contribution in [0.4, 0.5) is 79.0 Å². The van der Waals surface area contributed by atoms with E-state index in [0.717, 1.165) is 18.2 Å². The standard InChI is InChI=1S/C27HF18N9/c28-22(29,30)16-14(17(23(31,32)33)52-20(51-16)26(40,41)42)10(4-48)8-1-7(2-46)13(11(5-49)9(8)3-47)12(6-50)15-18(24(34,35)36)53-21(27(43,44)45)54-19(15)25(37,38)39/h1H/b10-8-,13-12+. The molecule has 0 aliphatic heterocycles. The lowest BCUT2D eigenvalue weighted by Gasteiger charge is -2.20.